The molecule has 1 aromatic heterocycles. The third-order valence-corrected chi connectivity index (χ3v) is 5.45. The smallest absolute Gasteiger partial charge is 0.0981 e. The zero-order valence-corrected chi connectivity index (χ0v) is 12.6. The molecule has 0 aromatic carbocycles. The summed E-state index contributed by atoms with van der Waals surface area (Å²) in [6.07, 6.45) is 4.67. The Hall–Kier alpha value is -0.0600. The molecule has 0 amide bonds. The van der Waals surface area contributed by atoms with Crippen molar-refractivity contribution in [2.24, 2.45) is 0 Å². The van der Waals surface area contributed by atoms with Crippen molar-refractivity contribution in [1.82, 2.24) is 10.3 Å². The molecule has 2 rings (SSSR count). The Bertz CT molecular complexity index is 349. The molecule has 1 saturated heterocycles. The van der Waals surface area contributed by atoms with Crippen LogP contribution >= 0.6 is 23.1 Å². The molecule has 1 aliphatic heterocycles. The molecular weight excluding hydrogens is 248 g/mol. The second kappa shape index (κ2) is 5.72. The van der Waals surface area contributed by atoms with Crippen molar-refractivity contribution in [3.05, 3.63) is 16.1 Å². The third-order valence-electron chi connectivity index (χ3n) is 2.98. The first-order valence-corrected chi connectivity index (χ1v) is 8.29. The second-order valence-corrected chi connectivity index (χ2v) is 7.99. The predicted octanol–water partition coefficient (Wildman–Crippen LogP) is 3.43. The zero-order chi connectivity index (χ0) is 12.3. The van der Waals surface area contributed by atoms with Crippen LogP contribution in [0.1, 0.15) is 43.5 Å². The highest BCUT2D eigenvalue weighted by Crippen LogP contribution is 2.27. The molecule has 1 aromatic rings. The molecule has 4 heteroatoms. The van der Waals surface area contributed by atoms with E-state index in [1.54, 1.807) is 0 Å². The first-order chi connectivity index (χ1) is 8.05. The highest BCUT2D eigenvalue weighted by atomic mass is 32.2. The first kappa shape index (κ1) is 13.4. The molecule has 0 unspecified atom stereocenters. The molecule has 2 nitrogen and oxygen atoms in total. The lowest BCUT2D eigenvalue weighted by Crippen LogP contribution is -2.31. The van der Waals surface area contributed by atoms with E-state index in [-0.39, 0.29) is 5.41 Å². The summed E-state index contributed by atoms with van der Waals surface area (Å²) in [5.41, 5.74) is 0.185. The van der Waals surface area contributed by atoms with Crippen molar-refractivity contribution in [2.45, 2.75) is 51.6 Å². The number of nitrogens with zero attached hydrogens (tertiary/aromatic N) is 1. The molecule has 0 radical (unpaired) electrons. The molecule has 96 valence electrons. The van der Waals surface area contributed by atoms with Crippen LogP contribution in [0.5, 0.6) is 0 Å². The van der Waals surface area contributed by atoms with Gasteiger partial charge in [0.1, 0.15) is 0 Å². The molecule has 17 heavy (non-hydrogen) atoms. The van der Waals surface area contributed by atoms with Crippen LogP contribution in [0.15, 0.2) is 6.20 Å². The number of hydrogen-bond acceptors (Lipinski definition) is 4. The molecular formula is C13H22N2S2. The maximum Gasteiger partial charge on any atom is 0.0981 e. The van der Waals surface area contributed by atoms with Crippen molar-refractivity contribution in [3.8, 4) is 0 Å². The summed E-state index contributed by atoms with van der Waals surface area (Å²) in [5, 5.41) is 4.90. The van der Waals surface area contributed by atoms with E-state index in [0.717, 1.165) is 12.6 Å². The fourth-order valence-electron chi connectivity index (χ4n) is 1.88. The normalized spacial score (nSPS) is 18.5. The maximum atomic E-state index is 4.53. The standard InChI is InChI=1S/C13H22N2S2/c1-13(2,3)12-15-9-11(17-12)8-14-10-4-6-16-7-5-10/h9-10,14H,4-8H2,1-3H3. The molecule has 0 aliphatic carbocycles. The lowest BCUT2D eigenvalue weighted by molar-refractivity contribution is 0.484. The maximum absolute atomic E-state index is 4.53. The molecule has 2 heterocycles. The van der Waals surface area contributed by atoms with Gasteiger partial charge in [-0.2, -0.15) is 11.8 Å². The lowest BCUT2D eigenvalue weighted by atomic mass is 9.98. The molecule has 0 spiro atoms. The number of thioether (sulfide) groups is 1. The Morgan fingerprint density at radius 2 is 2.06 bits per heavy atom. The Morgan fingerprint density at radius 1 is 1.35 bits per heavy atom. The summed E-state index contributed by atoms with van der Waals surface area (Å²) < 4.78 is 0. The van der Waals surface area contributed by atoms with E-state index in [9.17, 15) is 0 Å². The largest absolute Gasteiger partial charge is 0.309 e. The number of nitrogens with one attached hydrogen (secondary N) is 1. The molecule has 1 N–H and O–H groups in total. The van der Waals surface area contributed by atoms with Crippen LogP contribution in [-0.4, -0.2) is 22.5 Å². The van der Waals surface area contributed by atoms with Crippen LogP contribution < -0.4 is 5.32 Å². The van der Waals surface area contributed by atoms with Crippen molar-refractivity contribution < 1.29 is 0 Å². The minimum Gasteiger partial charge on any atom is -0.309 e. The van der Waals surface area contributed by atoms with E-state index in [1.807, 2.05) is 17.5 Å². The van der Waals surface area contributed by atoms with Gasteiger partial charge in [-0.05, 0) is 24.3 Å². The summed E-state index contributed by atoms with van der Waals surface area (Å²) in [7, 11) is 0. The van der Waals surface area contributed by atoms with Crippen LogP contribution in [-0.2, 0) is 12.0 Å². The van der Waals surface area contributed by atoms with Crippen LogP contribution in [0.25, 0.3) is 0 Å². The Morgan fingerprint density at radius 3 is 2.65 bits per heavy atom. The average molecular weight is 270 g/mol. The number of aromatic nitrogens is 1. The quantitative estimate of drug-likeness (QED) is 0.911. The van der Waals surface area contributed by atoms with Crippen LogP contribution in [0.3, 0.4) is 0 Å². The van der Waals surface area contributed by atoms with Gasteiger partial charge >= 0.3 is 0 Å². The van der Waals surface area contributed by atoms with Gasteiger partial charge in [0.05, 0.1) is 5.01 Å². The van der Waals surface area contributed by atoms with Gasteiger partial charge in [0.15, 0.2) is 0 Å². The molecule has 0 atom stereocenters. The first-order valence-electron chi connectivity index (χ1n) is 6.32. The summed E-state index contributed by atoms with van der Waals surface area (Å²) in [6.45, 7) is 7.66. The van der Waals surface area contributed by atoms with Gasteiger partial charge in [0, 0.05) is 29.1 Å². The highest BCUT2D eigenvalue weighted by Gasteiger charge is 2.18. The van der Waals surface area contributed by atoms with E-state index < -0.39 is 0 Å². The van der Waals surface area contributed by atoms with Gasteiger partial charge in [0.25, 0.3) is 0 Å². The summed E-state index contributed by atoms with van der Waals surface area (Å²) >= 11 is 3.93. The van der Waals surface area contributed by atoms with Crippen molar-refractivity contribution in [1.29, 1.82) is 0 Å². The van der Waals surface area contributed by atoms with Gasteiger partial charge in [-0.25, -0.2) is 4.98 Å². The molecule has 0 saturated carbocycles. The van der Waals surface area contributed by atoms with Gasteiger partial charge in [-0.1, -0.05) is 20.8 Å². The fraction of sp³-hybridized carbons (Fsp3) is 0.769. The average Bonchev–Trinajstić information content (AvgIpc) is 2.76. The van der Waals surface area contributed by atoms with Crippen LogP contribution in [0.4, 0.5) is 0 Å². The molecule has 0 bridgehead atoms. The van der Waals surface area contributed by atoms with Crippen LogP contribution in [0, 0.1) is 0 Å². The highest BCUT2D eigenvalue weighted by molar-refractivity contribution is 7.99. The Labute approximate surface area is 113 Å². The van der Waals surface area contributed by atoms with E-state index >= 15 is 0 Å². The minimum absolute atomic E-state index is 0.185. The van der Waals surface area contributed by atoms with Crippen molar-refractivity contribution in [2.75, 3.05) is 11.5 Å². The predicted molar refractivity (Wildman–Crippen MR) is 78.0 cm³/mol. The van der Waals surface area contributed by atoms with E-state index in [4.69, 9.17) is 0 Å². The Balaban J connectivity index is 1.84. The van der Waals surface area contributed by atoms with Crippen molar-refractivity contribution >= 4 is 23.1 Å². The van der Waals surface area contributed by atoms with E-state index in [0.29, 0.717) is 0 Å². The second-order valence-electron chi connectivity index (χ2n) is 5.65. The zero-order valence-electron chi connectivity index (χ0n) is 11.0. The topological polar surface area (TPSA) is 24.9 Å². The van der Waals surface area contributed by atoms with Gasteiger partial charge in [-0.3, -0.25) is 0 Å². The van der Waals surface area contributed by atoms with E-state index in [2.05, 4.69) is 42.8 Å². The number of rotatable bonds is 3. The van der Waals surface area contributed by atoms with Gasteiger partial charge < -0.3 is 5.32 Å². The monoisotopic (exact) mass is 270 g/mol. The van der Waals surface area contributed by atoms with Gasteiger partial charge in [-0.15, -0.1) is 11.3 Å². The van der Waals surface area contributed by atoms with Gasteiger partial charge in [0.2, 0.25) is 0 Å². The SMILES string of the molecule is CC(C)(C)c1ncc(CNC2CCSCC2)s1. The molecule has 1 aliphatic rings. The van der Waals surface area contributed by atoms with E-state index in [1.165, 1.54) is 34.2 Å². The number of thiazole rings is 1. The lowest BCUT2D eigenvalue weighted by Gasteiger charge is -2.22. The number of hydrogen-bond donors (Lipinski definition) is 1. The fourth-order valence-corrected chi connectivity index (χ4v) is 3.91. The van der Waals surface area contributed by atoms with Crippen molar-refractivity contribution in [3.63, 3.8) is 0 Å². The summed E-state index contributed by atoms with van der Waals surface area (Å²) in [6, 6.07) is 0.719. The summed E-state index contributed by atoms with van der Waals surface area (Å²) in [5.74, 6) is 2.63. The van der Waals surface area contributed by atoms with Crippen LogP contribution in [0.2, 0.25) is 0 Å². The minimum atomic E-state index is 0.185. The summed E-state index contributed by atoms with van der Waals surface area (Å²) in [4.78, 5) is 5.89. The Kier molecular flexibility index (Phi) is 4.50. The molecule has 1 fully saturated rings. The third kappa shape index (κ3) is 3.97.